The topological polar surface area (TPSA) is 82.0 Å². The minimum Gasteiger partial charge on any atom is -0.274 e. The van der Waals surface area contributed by atoms with Crippen molar-refractivity contribution < 1.29 is 9.59 Å². The number of thioether (sulfide) groups is 1. The predicted octanol–water partition coefficient (Wildman–Crippen LogP) is 0.959. The van der Waals surface area contributed by atoms with Crippen LogP contribution >= 0.6 is 11.8 Å². The molecule has 0 bridgehead atoms. The Morgan fingerprint density at radius 1 is 1.39 bits per heavy atom. The minimum absolute atomic E-state index is 0.247. The fourth-order valence-corrected chi connectivity index (χ4v) is 1.96. The summed E-state index contributed by atoms with van der Waals surface area (Å²) in [6, 6.07) is 9.30. The number of nitrogens with one attached hydrogen (secondary N) is 2. The van der Waals surface area contributed by atoms with Gasteiger partial charge in [-0.05, 0) is 17.7 Å². The molecule has 1 aromatic carbocycles. The Labute approximate surface area is 110 Å². The molecule has 6 heteroatoms. The number of hydrogen-bond acceptors (Lipinski definition) is 4. The third-order valence-corrected chi connectivity index (χ3v) is 2.94. The van der Waals surface area contributed by atoms with Gasteiger partial charge in [0.05, 0.1) is 17.4 Å². The summed E-state index contributed by atoms with van der Waals surface area (Å²) >= 11 is 1.41. The monoisotopic (exact) mass is 263 g/mol. The van der Waals surface area contributed by atoms with Crippen LogP contribution in [0.1, 0.15) is 18.1 Å². The van der Waals surface area contributed by atoms with Crippen LogP contribution in [0.3, 0.4) is 0 Å². The van der Waals surface area contributed by atoms with Crippen molar-refractivity contribution in [2.45, 2.75) is 12.7 Å². The van der Waals surface area contributed by atoms with Crippen LogP contribution in [0.25, 0.3) is 0 Å². The zero-order valence-electron chi connectivity index (χ0n) is 9.90. The van der Waals surface area contributed by atoms with Crippen molar-refractivity contribution >= 4 is 23.6 Å². The summed E-state index contributed by atoms with van der Waals surface area (Å²) in [4.78, 5) is 21.8. The predicted molar refractivity (Wildman–Crippen MR) is 69.3 cm³/mol. The first-order valence-electron chi connectivity index (χ1n) is 5.24. The lowest BCUT2D eigenvalue weighted by Crippen LogP contribution is -2.41. The zero-order chi connectivity index (χ0) is 13.4. The SMILES string of the molecule is CC(=O)NNC(=O)CSCc1cccc(C#N)c1. The molecule has 0 spiro atoms. The molecular formula is C12H13N3O2S. The highest BCUT2D eigenvalue weighted by atomic mass is 32.2. The highest BCUT2D eigenvalue weighted by molar-refractivity contribution is 7.99. The molecule has 0 atom stereocenters. The molecule has 94 valence electrons. The summed E-state index contributed by atoms with van der Waals surface area (Å²) in [5, 5.41) is 8.74. The average molecular weight is 263 g/mol. The van der Waals surface area contributed by atoms with Crippen molar-refractivity contribution in [1.82, 2.24) is 10.9 Å². The first-order valence-corrected chi connectivity index (χ1v) is 6.39. The second-order valence-electron chi connectivity index (χ2n) is 3.53. The first-order chi connectivity index (χ1) is 8.61. The van der Waals surface area contributed by atoms with Gasteiger partial charge in [0.15, 0.2) is 0 Å². The molecule has 0 aliphatic carbocycles. The van der Waals surface area contributed by atoms with Crippen molar-refractivity contribution in [3.63, 3.8) is 0 Å². The number of nitriles is 1. The van der Waals surface area contributed by atoms with Gasteiger partial charge in [-0.25, -0.2) is 0 Å². The van der Waals surface area contributed by atoms with Crippen LogP contribution in [0, 0.1) is 11.3 Å². The van der Waals surface area contributed by atoms with Crippen LogP contribution in [0.15, 0.2) is 24.3 Å². The fraction of sp³-hybridized carbons (Fsp3) is 0.250. The molecule has 0 aliphatic heterocycles. The smallest absolute Gasteiger partial charge is 0.248 e. The molecule has 0 unspecified atom stereocenters. The molecule has 0 heterocycles. The standard InChI is InChI=1S/C12H13N3O2S/c1-9(16)14-15-12(17)8-18-7-11-4-2-3-10(5-11)6-13/h2-5H,7-8H2,1H3,(H,14,16)(H,15,17). The second-order valence-corrected chi connectivity index (χ2v) is 4.52. The Morgan fingerprint density at radius 2 is 2.17 bits per heavy atom. The summed E-state index contributed by atoms with van der Waals surface area (Å²) in [5.74, 6) is 0.321. The van der Waals surface area contributed by atoms with Crippen LogP contribution < -0.4 is 10.9 Å². The van der Waals surface area contributed by atoms with Crippen LogP contribution in [0.2, 0.25) is 0 Å². The van der Waals surface area contributed by atoms with E-state index >= 15 is 0 Å². The summed E-state index contributed by atoms with van der Waals surface area (Å²) < 4.78 is 0. The lowest BCUT2D eigenvalue weighted by molar-refractivity contribution is -0.126. The quantitative estimate of drug-likeness (QED) is 0.793. The van der Waals surface area contributed by atoms with Crippen LogP contribution in [-0.4, -0.2) is 17.6 Å². The van der Waals surface area contributed by atoms with Gasteiger partial charge in [-0.2, -0.15) is 5.26 Å². The highest BCUT2D eigenvalue weighted by Crippen LogP contribution is 2.13. The molecule has 0 radical (unpaired) electrons. The number of nitrogens with zero attached hydrogens (tertiary/aromatic N) is 1. The Balaban J connectivity index is 2.31. The van der Waals surface area contributed by atoms with E-state index in [0.29, 0.717) is 11.3 Å². The van der Waals surface area contributed by atoms with Crippen molar-refractivity contribution in [2.75, 3.05) is 5.75 Å². The van der Waals surface area contributed by atoms with Gasteiger partial charge in [-0.3, -0.25) is 20.4 Å². The Bertz CT molecular complexity index is 482. The lowest BCUT2D eigenvalue weighted by atomic mass is 10.2. The van der Waals surface area contributed by atoms with E-state index in [1.165, 1.54) is 18.7 Å². The molecule has 0 saturated heterocycles. The largest absolute Gasteiger partial charge is 0.274 e. The van der Waals surface area contributed by atoms with Gasteiger partial charge in [0.2, 0.25) is 11.8 Å². The number of carbonyl (C=O) groups is 2. The van der Waals surface area contributed by atoms with E-state index in [-0.39, 0.29) is 17.6 Å². The maximum atomic E-state index is 11.3. The van der Waals surface area contributed by atoms with E-state index in [1.54, 1.807) is 12.1 Å². The molecule has 0 saturated carbocycles. The molecule has 18 heavy (non-hydrogen) atoms. The molecule has 0 fully saturated rings. The van der Waals surface area contributed by atoms with Gasteiger partial charge in [0.25, 0.3) is 0 Å². The van der Waals surface area contributed by atoms with E-state index < -0.39 is 0 Å². The zero-order valence-corrected chi connectivity index (χ0v) is 10.7. The lowest BCUT2D eigenvalue weighted by Gasteiger charge is -2.05. The molecule has 2 N–H and O–H groups in total. The van der Waals surface area contributed by atoms with E-state index in [9.17, 15) is 9.59 Å². The average Bonchev–Trinajstić information content (AvgIpc) is 2.36. The molecule has 5 nitrogen and oxygen atoms in total. The van der Waals surface area contributed by atoms with Crippen LogP contribution in [0.4, 0.5) is 0 Å². The summed E-state index contributed by atoms with van der Waals surface area (Å²) in [6.45, 7) is 1.32. The molecule has 0 aromatic heterocycles. The molecule has 0 aliphatic rings. The number of rotatable bonds is 4. The molecule has 2 amide bonds. The van der Waals surface area contributed by atoms with Crippen molar-refractivity contribution in [2.24, 2.45) is 0 Å². The third-order valence-electron chi connectivity index (χ3n) is 1.94. The maximum absolute atomic E-state index is 11.3. The van der Waals surface area contributed by atoms with Gasteiger partial charge < -0.3 is 0 Å². The van der Waals surface area contributed by atoms with Gasteiger partial charge in [0, 0.05) is 12.7 Å². The summed E-state index contributed by atoms with van der Waals surface area (Å²) in [5.41, 5.74) is 6.10. The van der Waals surface area contributed by atoms with Gasteiger partial charge >= 0.3 is 0 Å². The van der Waals surface area contributed by atoms with E-state index in [1.807, 2.05) is 12.1 Å². The molecular weight excluding hydrogens is 250 g/mol. The van der Waals surface area contributed by atoms with Crippen LogP contribution in [0.5, 0.6) is 0 Å². The Morgan fingerprint density at radius 3 is 2.83 bits per heavy atom. The fourth-order valence-electron chi connectivity index (χ4n) is 1.19. The normalized spacial score (nSPS) is 9.33. The summed E-state index contributed by atoms with van der Waals surface area (Å²) in [7, 11) is 0. The Kier molecular flexibility index (Phi) is 5.74. The van der Waals surface area contributed by atoms with Crippen molar-refractivity contribution in [3.8, 4) is 6.07 Å². The number of hydrogen-bond donors (Lipinski definition) is 2. The third kappa shape index (κ3) is 5.37. The second kappa shape index (κ2) is 7.35. The van der Waals surface area contributed by atoms with E-state index in [0.717, 1.165) is 5.56 Å². The van der Waals surface area contributed by atoms with E-state index in [4.69, 9.17) is 5.26 Å². The van der Waals surface area contributed by atoms with Crippen molar-refractivity contribution in [1.29, 1.82) is 5.26 Å². The van der Waals surface area contributed by atoms with Gasteiger partial charge in [-0.1, -0.05) is 12.1 Å². The molecule has 1 rings (SSSR count). The van der Waals surface area contributed by atoms with Crippen molar-refractivity contribution in [3.05, 3.63) is 35.4 Å². The number of amides is 2. The summed E-state index contributed by atoms with van der Waals surface area (Å²) in [6.07, 6.45) is 0. The minimum atomic E-state index is -0.310. The van der Waals surface area contributed by atoms with Gasteiger partial charge in [-0.15, -0.1) is 11.8 Å². The van der Waals surface area contributed by atoms with Gasteiger partial charge in [0.1, 0.15) is 0 Å². The Hall–Kier alpha value is -2.00. The number of carbonyl (C=O) groups excluding carboxylic acids is 2. The maximum Gasteiger partial charge on any atom is 0.248 e. The highest BCUT2D eigenvalue weighted by Gasteiger charge is 2.02. The van der Waals surface area contributed by atoms with E-state index in [2.05, 4.69) is 16.9 Å². The molecule has 1 aromatic rings. The number of hydrazine groups is 1. The first kappa shape index (κ1) is 14.1. The number of benzene rings is 1. The van der Waals surface area contributed by atoms with Crippen LogP contribution in [-0.2, 0) is 15.3 Å².